The second-order valence-electron chi connectivity index (χ2n) is 5.92. The van der Waals surface area contributed by atoms with Gasteiger partial charge < -0.3 is 4.74 Å². The Morgan fingerprint density at radius 2 is 2.00 bits per heavy atom. The van der Waals surface area contributed by atoms with Crippen molar-refractivity contribution in [1.29, 1.82) is 0 Å². The Hall–Kier alpha value is -1.62. The first-order valence-electron chi connectivity index (χ1n) is 8.45. The molecule has 3 aromatic rings. The fraction of sp³-hybridized carbons (Fsp3) is 0.368. The second-order valence-corrected chi connectivity index (χ2v) is 6.76. The van der Waals surface area contributed by atoms with E-state index in [9.17, 15) is 0 Å². The van der Waals surface area contributed by atoms with E-state index in [-0.39, 0.29) is 6.10 Å². The molecule has 0 saturated heterocycles. The van der Waals surface area contributed by atoms with Gasteiger partial charge in [-0.1, -0.05) is 43.5 Å². The third kappa shape index (κ3) is 3.39. The molecule has 132 valence electrons. The summed E-state index contributed by atoms with van der Waals surface area (Å²) >= 11 is 12.4. The van der Waals surface area contributed by atoms with Gasteiger partial charge in [0.05, 0.1) is 22.5 Å². The van der Waals surface area contributed by atoms with Crippen LogP contribution in [0.25, 0.3) is 16.9 Å². The zero-order chi connectivity index (χ0) is 18.0. The maximum Gasteiger partial charge on any atom is 0.161 e. The first-order chi connectivity index (χ1) is 12.1. The van der Waals surface area contributed by atoms with Crippen LogP contribution in [0, 0.1) is 0 Å². The van der Waals surface area contributed by atoms with Crippen LogP contribution >= 0.6 is 23.2 Å². The van der Waals surface area contributed by atoms with E-state index in [0.717, 1.165) is 47.4 Å². The van der Waals surface area contributed by atoms with Crippen LogP contribution in [-0.4, -0.2) is 21.7 Å². The second kappa shape index (κ2) is 7.73. The molecule has 0 spiro atoms. The van der Waals surface area contributed by atoms with Gasteiger partial charge in [0.1, 0.15) is 0 Å². The van der Waals surface area contributed by atoms with E-state index < -0.39 is 0 Å². The average Bonchev–Trinajstić information content (AvgIpc) is 2.98. The van der Waals surface area contributed by atoms with Crippen LogP contribution in [0.5, 0.6) is 0 Å². The maximum absolute atomic E-state index is 6.41. The Kier molecular flexibility index (Phi) is 5.62. The van der Waals surface area contributed by atoms with Crippen LogP contribution in [-0.2, 0) is 11.2 Å². The SMILES string of the molecule is CCCC(OC)c1c(CC)nn2c(-c3ccc(Cl)cc3Cl)ccnc12. The molecule has 1 atom stereocenters. The molecule has 6 heteroatoms. The predicted molar refractivity (Wildman–Crippen MR) is 102 cm³/mol. The predicted octanol–water partition coefficient (Wildman–Crippen LogP) is 5.75. The number of ether oxygens (including phenoxy) is 1. The number of fused-ring (bicyclic) bond motifs is 1. The number of aromatic nitrogens is 3. The molecule has 0 amide bonds. The standard InChI is InChI=1S/C19H21Cl2N3O/c1-4-6-17(25-3)18-15(5-2)23-24-16(9-10-22-19(18)24)13-8-7-12(20)11-14(13)21/h7-11,17H,4-6H2,1-3H3. The molecular weight excluding hydrogens is 357 g/mol. The smallest absolute Gasteiger partial charge is 0.161 e. The molecule has 1 aromatic carbocycles. The van der Waals surface area contributed by atoms with Gasteiger partial charge >= 0.3 is 0 Å². The summed E-state index contributed by atoms with van der Waals surface area (Å²) in [6.07, 6.45) is 4.55. The van der Waals surface area contributed by atoms with Gasteiger partial charge in [0, 0.05) is 29.5 Å². The van der Waals surface area contributed by atoms with E-state index in [4.69, 9.17) is 33.0 Å². The lowest BCUT2D eigenvalue weighted by molar-refractivity contribution is 0.0953. The normalized spacial score (nSPS) is 12.7. The number of halogens is 2. The fourth-order valence-corrected chi connectivity index (χ4v) is 3.65. The van der Waals surface area contributed by atoms with E-state index >= 15 is 0 Å². The molecule has 0 aliphatic rings. The summed E-state index contributed by atoms with van der Waals surface area (Å²) in [4.78, 5) is 4.59. The van der Waals surface area contributed by atoms with Crippen LogP contribution in [0.2, 0.25) is 10.0 Å². The number of nitrogens with zero attached hydrogens (tertiary/aromatic N) is 3. The Morgan fingerprint density at radius 3 is 2.64 bits per heavy atom. The molecule has 0 aliphatic heterocycles. The molecule has 0 aliphatic carbocycles. The molecule has 2 heterocycles. The van der Waals surface area contributed by atoms with Crippen LogP contribution < -0.4 is 0 Å². The molecule has 1 unspecified atom stereocenters. The fourth-order valence-electron chi connectivity index (χ4n) is 3.14. The number of hydrogen-bond acceptors (Lipinski definition) is 3. The minimum Gasteiger partial charge on any atom is -0.377 e. The monoisotopic (exact) mass is 377 g/mol. The van der Waals surface area contributed by atoms with Crippen molar-refractivity contribution in [3.63, 3.8) is 0 Å². The van der Waals surface area contributed by atoms with Gasteiger partial charge in [-0.05, 0) is 37.1 Å². The van der Waals surface area contributed by atoms with Crippen molar-refractivity contribution in [3.8, 4) is 11.3 Å². The molecule has 3 rings (SSSR count). The van der Waals surface area contributed by atoms with E-state index in [1.54, 1.807) is 19.4 Å². The highest BCUT2D eigenvalue weighted by Gasteiger charge is 2.23. The van der Waals surface area contributed by atoms with Crippen molar-refractivity contribution in [2.45, 2.75) is 39.2 Å². The van der Waals surface area contributed by atoms with Crippen molar-refractivity contribution < 1.29 is 4.74 Å². The molecule has 0 saturated carbocycles. The maximum atomic E-state index is 6.41. The Morgan fingerprint density at radius 1 is 1.20 bits per heavy atom. The van der Waals surface area contributed by atoms with Crippen LogP contribution in [0.4, 0.5) is 0 Å². The van der Waals surface area contributed by atoms with Gasteiger partial charge in [0.2, 0.25) is 0 Å². The van der Waals surface area contributed by atoms with Gasteiger partial charge in [-0.15, -0.1) is 0 Å². The van der Waals surface area contributed by atoms with Crippen LogP contribution in [0.3, 0.4) is 0 Å². The summed E-state index contributed by atoms with van der Waals surface area (Å²) in [6.45, 7) is 4.24. The number of hydrogen-bond donors (Lipinski definition) is 0. The number of methoxy groups -OCH3 is 1. The van der Waals surface area contributed by atoms with E-state index in [0.29, 0.717) is 10.0 Å². The molecule has 0 N–H and O–H groups in total. The van der Waals surface area contributed by atoms with E-state index in [2.05, 4.69) is 18.8 Å². The first kappa shape index (κ1) is 18.2. The number of aryl methyl sites for hydroxylation is 1. The molecule has 25 heavy (non-hydrogen) atoms. The molecule has 0 bridgehead atoms. The quantitative estimate of drug-likeness (QED) is 0.548. The third-order valence-electron chi connectivity index (χ3n) is 4.33. The first-order valence-corrected chi connectivity index (χ1v) is 9.21. The minimum atomic E-state index is -0.0131. The van der Waals surface area contributed by atoms with Gasteiger partial charge in [-0.3, -0.25) is 0 Å². The summed E-state index contributed by atoms with van der Waals surface area (Å²) in [5.41, 5.74) is 4.66. The Bertz CT molecular complexity index is 892. The lowest BCUT2D eigenvalue weighted by Crippen LogP contribution is -2.04. The molecule has 0 fully saturated rings. The molecular formula is C19H21Cl2N3O. The van der Waals surface area contributed by atoms with Crippen molar-refractivity contribution >= 4 is 28.8 Å². The van der Waals surface area contributed by atoms with Gasteiger partial charge in [-0.2, -0.15) is 5.10 Å². The van der Waals surface area contributed by atoms with E-state index in [1.807, 2.05) is 22.7 Å². The average molecular weight is 378 g/mol. The zero-order valence-corrected chi connectivity index (χ0v) is 16.1. The largest absolute Gasteiger partial charge is 0.377 e. The van der Waals surface area contributed by atoms with Crippen molar-refractivity contribution in [2.75, 3.05) is 7.11 Å². The molecule has 0 radical (unpaired) electrons. The van der Waals surface area contributed by atoms with E-state index in [1.165, 1.54) is 0 Å². The molecule has 4 nitrogen and oxygen atoms in total. The third-order valence-corrected chi connectivity index (χ3v) is 4.88. The van der Waals surface area contributed by atoms with Crippen molar-refractivity contribution in [2.24, 2.45) is 0 Å². The summed E-state index contributed by atoms with van der Waals surface area (Å²) in [5, 5.41) is 6.00. The summed E-state index contributed by atoms with van der Waals surface area (Å²) in [6, 6.07) is 7.40. The number of benzene rings is 1. The van der Waals surface area contributed by atoms with Crippen LogP contribution in [0.1, 0.15) is 44.1 Å². The van der Waals surface area contributed by atoms with Crippen LogP contribution in [0.15, 0.2) is 30.5 Å². The van der Waals surface area contributed by atoms with Gasteiger partial charge in [0.25, 0.3) is 0 Å². The Labute approximate surface area is 157 Å². The summed E-state index contributed by atoms with van der Waals surface area (Å²) < 4.78 is 7.60. The number of rotatable bonds is 6. The topological polar surface area (TPSA) is 39.4 Å². The summed E-state index contributed by atoms with van der Waals surface area (Å²) in [5.74, 6) is 0. The Balaban J connectivity index is 2.25. The lowest BCUT2D eigenvalue weighted by Gasteiger charge is -2.14. The van der Waals surface area contributed by atoms with Crippen molar-refractivity contribution in [1.82, 2.24) is 14.6 Å². The van der Waals surface area contributed by atoms with Crippen molar-refractivity contribution in [3.05, 3.63) is 51.8 Å². The lowest BCUT2D eigenvalue weighted by atomic mass is 10.0. The molecule has 2 aromatic heterocycles. The highest BCUT2D eigenvalue weighted by molar-refractivity contribution is 6.36. The highest BCUT2D eigenvalue weighted by atomic mass is 35.5. The summed E-state index contributed by atoms with van der Waals surface area (Å²) in [7, 11) is 1.74. The highest BCUT2D eigenvalue weighted by Crippen LogP contribution is 2.34. The van der Waals surface area contributed by atoms with Gasteiger partial charge in [0.15, 0.2) is 5.65 Å². The zero-order valence-electron chi connectivity index (χ0n) is 14.6. The minimum absolute atomic E-state index is 0.0131. The van der Waals surface area contributed by atoms with Gasteiger partial charge in [-0.25, -0.2) is 9.50 Å².